The molecule has 1 aliphatic heterocycles. The molecule has 1 aliphatic rings. The van der Waals surface area contributed by atoms with Gasteiger partial charge in [0.25, 0.3) is 5.88 Å². The number of nitrogen functional groups attached to an aromatic ring is 1. The topological polar surface area (TPSA) is 73.1 Å². The van der Waals surface area contributed by atoms with Crippen LogP contribution in [-0.4, -0.2) is 29.2 Å². The largest absolute Gasteiger partial charge is 0.472 e. The summed E-state index contributed by atoms with van der Waals surface area (Å²) in [5.74, 6) is 0.827. The molecule has 0 radical (unpaired) electrons. The Labute approximate surface area is 118 Å². The molecule has 2 heterocycles. The fourth-order valence-corrected chi connectivity index (χ4v) is 2.16. The van der Waals surface area contributed by atoms with Gasteiger partial charge in [-0.2, -0.15) is 0 Å². The van der Waals surface area contributed by atoms with Crippen molar-refractivity contribution < 1.29 is 4.74 Å². The minimum absolute atomic E-state index is 0. The molecule has 0 bridgehead atoms. The number of fused-ring (bicyclic) bond motifs is 1. The minimum atomic E-state index is 0. The monoisotopic (exact) mass is 280 g/mol. The van der Waals surface area contributed by atoms with E-state index in [0.29, 0.717) is 11.7 Å². The molecular formula is C13H17ClN4O. The van der Waals surface area contributed by atoms with Gasteiger partial charge >= 0.3 is 0 Å². The van der Waals surface area contributed by atoms with E-state index in [-0.39, 0.29) is 18.5 Å². The predicted molar refractivity (Wildman–Crippen MR) is 77.7 cm³/mol. The summed E-state index contributed by atoms with van der Waals surface area (Å²) >= 11 is 0. The highest BCUT2D eigenvalue weighted by molar-refractivity contribution is 5.85. The Kier molecular flexibility index (Phi) is 4.39. The number of hydrogen-bond acceptors (Lipinski definition) is 5. The van der Waals surface area contributed by atoms with Crippen LogP contribution in [0.3, 0.4) is 0 Å². The van der Waals surface area contributed by atoms with Crippen molar-refractivity contribution in [2.75, 3.05) is 18.8 Å². The van der Waals surface area contributed by atoms with Gasteiger partial charge in [0, 0.05) is 0 Å². The molecule has 1 aromatic carbocycles. The van der Waals surface area contributed by atoms with Crippen molar-refractivity contribution in [3.63, 3.8) is 0 Å². The molecule has 1 aromatic heterocycles. The van der Waals surface area contributed by atoms with Crippen molar-refractivity contribution in [1.82, 2.24) is 15.3 Å². The number of anilines is 1. The van der Waals surface area contributed by atoms with Gasteiger partial charge in [-0.3, -0.25) is 0 Å². The van der Waals surface area contributed by atoms with Crippen LogP contribution in [-0.2, 0) is 0 Å². The average Bonchev–Trinajstić information content (AvgIpc) is 2.41. The third-order valence-corrected chi connectivity index (χ3v) is 3.13. The van der Waals surface area contributed by atoms with E-state index in [1.165, 1.54) is 0 Å². The number of ether oxygens (including phenoxy) is 1. The third kappa shape index (κ3) is 3.05. The van der Waals surface area contributed by atoms with E-state index in [1.807, 2.05) is 24.3 Å². The molecule has 6 heteroatoms. The molecule has 0 amide bonds. The summed E-state index contributed by atoms with van der Waals surface area (Å²) in [5, 5.41) is 3.30. The maximum atomic E-state index is 5.89. The first-order valence-electron chi connectivity index (χ1n) is 6.22. The van der Waals surface area contributed by atoms with Gasteiger partial charge in [-0.25, -0.2) is 9.97 Å². The van der Waals surface area contributed by atoms with Crippen LogP contribution in [0.15, 0.2) is 24.3 Å². The van der Waals surface area contributed by atoms with E-state index in [2.05, 4.69) is 15.3 Å². The van der Waals surface area contributed by atoms with Crippen molar-refractivity contribution in [3.05, 3.63) is 24.3 Å². The number of piperidine rings is 1. The Balaban J connectivity index is 0.00000133. The molecule has 1 fully saturated rings. The van der Waals surface area contributed by atoms with Crippen molar-refractivity contribution in [3.8, 4) is 5.88 Å². The zero-order chi connectivity index (χ0) is 12.4. The van der Waals surface area contributed by atoms with Crippen molar-refractivity contribution in [2.45, 2.75) is 18.9 Å². The lowest BCUT2D eigenvalue weighted by Gasteiger charge is -2.23. The summed E-state index contributed by atoms with van der Waals surface area (Å²) in [6.45, 7) is 1.96. The quantitative estimate of drug-likeness (QED) is 0.877. The highest BCUT2D eigenvalue weighted by atomic mass is 35.5. The molecule has 2 aromatic rings. The second-order valence-corrected chi connectivity index (χ2v) is 4.47. The lowest BCUT2D eigenvalue weighted by Crippen LogP contribution is -2.34. The van der Waals surface area contributed by atoms with Gasteiger partial charge in [0.2, 0.25) is 0 Å². The minimum Gasteiger partial charge on any atom is -0.472 e. The number of rotatable bonds is 2. The maximum absolute atomic E-state index is 5.89. The number of para-hydroxylation sites is 2. The van der Waals surface area contributed by atoms with Crippen LogP contribution in [0.4, 0.5) is 5.82 Å². The lowest BCUT2D eigenvalue weighted by molar-refractivity contribution is 0.157. The summed E-state index contributed by atoms with van der Waals surface area (Å²) in [4.78, 5) is 8.75. The predicted octanol–water partition coefficient (Wildman–Crippen LogP) is 1.76. The average molecular weight is 281 g/mol. The first-order chi connectivity index (χ1) is 8.83. The molecular weight excluding hydrogens is 264 g/mol. The van der Waals surface area contributed by atoms with Gasteiger partial charge in [-0.15, -0.1) is 12.4 Å². The molecule has 0 aliphatic carbocycles. The van der Waals surface area contributed by atoms with E-state index in [9.17, 15) is 0 Å². The number of halogens is 1. The summed E-state index contributed by atoms with van der Waals surface area (Å²) < 4.78 is 5.86. The maximum Gasteiger partial charge on any atom is 0.258 e. The Hall–Kier alpha value is -1.59. The van der Waals surface area contributed by atoms with E-state index < -0.39 is 0 Å². The van der Waals surface area contributed by atoms with Gasteiger partial charge in [0.05, 0.1) is 11.0 Å². The second-order valence-electron chi connectivity index (χ2n) is 4.47. The standard InChI is InChI=1S/C13H16N4O.ClH/c14-12-13(18-9-5-7-15-8-6-9)17-11-4-2-1-3-10(11)16-12;/h1-4,9,15H,5-8H2,(H2,14,16);1H. The molecule has 0 saturated carbocycles. The van der Waals surface area contributed by atoms with E-state index >= 15 is 0 Å². The third-order valence-electron chi connectivity index (χ3n) is 3.13. The molecule has 1 saturated heterocycles. The normalized spacial score (nSPS) is 16.0. The fraction of sp³-hybridized carbons (Fsp3) is 0.385. The first-order valence-corrected chi connectivity index (χ1v) is 6.22. The highest BCUT2D eigenvalue weighted by Gasteiger charge is 2.17. The highest BCUT2D eigenvalue weighted by Crippen LogP contribution is 2.23. The number of benzene rings is 1. The molecule has 3 rings (SSSR count). The molecule has 0 atom stereocenters. The smallest absolute Gasteiger partial charge is 0.258 e. The van der Waals surface area contributed by atoms with Crippen molar-refractivity contribution in [1.29, 1.82) is 0 Å². The molecule has 0 unspecified atom stereocenters. The van der Waals surface area contributed by atoms with Gasteiger partial charge in [-0.1, -0.05) is 12.1 Å². The summed E-state index contributed by atoms with van der Waals surface area (Å²) in [5.41, 5.74) is 7.50. The van der Waals surface area contributed by atoms with Crippen molar-refractivity contribution in [2.24, 2.45) is 0 Å². The van der Waals surface area contributed by atoms with Crippen molar-refractivity contribution >= 4 is 29.3 Å². The number of aromatic nitrogens is 2. The Morgan fingerprint density at radius 2 is 1.74 bits per heavy atom. The lowest BCUT2D eigenvalue weighted by atomic mass is 10.1. The molecule has 19 heavy (non-hydrogen) atoms. The fourth-order valence-electron chi connectivity index (χ4n) is 2.16. The van der Waals surface area contributed by atoms with Gasteiger partial charge < -0.3 is 15.8 Å². The summed E-state index contributed by atoms with van der Waals surface area (Å²) in [6.07, 6.45) is 2.14. The first kappa shape index (κ1) is 13.8. The Bertz CT molecular complexity index is 557. The molecule has 5 nitrogen and oxygen atoms in total. The number of nitrogens with two attached hydrogens (primary N) is 1. The molecule has 102 valence electrons. The van der Waals surface area contributed by atoms with Crippen LogP contribution >= 0.6 is 12.4 Å². The SMILES string of the molecule is Cl.Nc1nc2ccccc2nc1OC1CCNCC1. The second kappa shape index (κ2) is 6.04. The summed E-state index contributed by atoms with van der Waals surface area (Å²) in [7, 11) is 0. The molecule has 3 N–H and O–H groups in total. The van der Waals surface area contributed by atoms with E-state index in [1.54, 1.807) is 0 Å². The van der Waals surface area contributed by atoms with Crippen LogP contribution in [0, 0.1) is 0 Å². The Morgan fingerprint density at radius 3 is 2.42 bits per heavy atom. The number of nitrogens with zero attached hydrogens (tertiary/aromatic N) is 2. The van der Waals surface area contributed by atoms with E-state index in [4.69, 9.17) is 10.5 Å². The van der Waals surface area contributed by atoms with Gasteiger partial charge in [0.15, 0.2) is 5.82 Å². The van der Waals surface area contributed by atoms with Crippen LogP contribution in [0.25, 0.3) is 11.0 Å². The van der Waals surface area contributed by atoms with Gasteiger partial charge in [0.1, 0.15) is 6.10 Å². The molecule has 0 spiro atoms. The zero-order valence-corrected chi connectivity index (χ0v) is 11.3. The summed E-state index contributed by atoms with van der Waals surface area (Å²) in [6, 6.07) is 7.66. The number of nitrogens with one attached hydrogen (secondary N) is 1. The Morgan fingerprint density at radius 1 is 1.11 bits per heavy atom. The zero-order valence-electron chi connectivity index (χ0n) is 10.5. The van der Waals surface area contributed by atoms with Crippen LogP contribution in [0.5, 0.6) is 5.88 Å². The van der Waals surface area contributed by atoms with Crippen LogP contribution in [0.1, 0.15) is 12.8 Å². The van der Waals surface area contributed by atoms with Crippen LogP contribution < -0.4 is 15.8 Å². The van der Waals surface area contributed by atoms with Crippen LogP contribution in [0.2, 0.25) is 0 Å². The van der Waals surface area contributed by atoms with E-state index in [0.717, 1.165) is 37.0 Å². The van der Waals surface area contributed by atoms with Gasteiger partial charge in [-0.05, 0) is 38.1 Å². The number of hydrogen-bond donors (Lipinski definition) is 2.